The summed E-state index contributed by atoms with van der Waals surface area (Å²) >= 11 is 6.08. The molecule has 2 amide bonds. The molecule has 0 bridgehead atoms. The van der Waals surface area contributed by atoms with Crippen molar-refractivity contribution >= 4 is 23.4 Å². The number of hydrogen-bond donors (Lipinski definition) is 0. The number of carbonyl (C=O) groups is 2. The van der Waals surface area contributed by atoms with Crippen LogP contribution in [0.3, 0.4) is 0 Å². The highest BCUT2D eigenvalue weighted by atomic mass is 35.5. The summed E-state index contributed by atoms with van der Waals surface area (Å²) in [5.41, 5.74) is 1.02. The smallest absolute Gasteiger partial charge is 0.260 e. The molecule has 1 atom stereocenters. The summed E-state index contributed by atoms with van der Waals surface area (Å²) in [6, 6.07) is 5.46. The Morgan fingerprint density at radius 2 is 1.96 bits per heavy atom. The number of amides is 2. The normalized spacial score (nSPS) is 20.6. The average molecular weight is 367 g/mol. The maximum Gasteiger partial charge on any atom is 0.260 e. The molecule has 2 saturated heterocycles. The van der Waals surface area contributed by atoms with Crippen LogP contribution < -0.4 is 4.74 Å². The molecule has 0 spiro atoms. The van der Waals surface area contributed by atoms with E-state index >= 15 is 0 Å². The number of halogens is 1. The third-order valence-electron chi connectivity index (χ3n) is 4.59. The molecule has 6 nitrogen and oxygen atoms in total. The summed E-state index contributed by atoms with van der Waals surface area (Å²) in [4.78, 5) is 28.2. The van der Waals surface area contributed by atoms with Crippen LogP contribution in [0, 0.1) is 6.92 Å². The van der Waals surface area contributed by atoms with Gasteiger partial charge in [-0.1, -0.05) is 17.7 Å². The van der Waals surface area contributed by atoms with Gasteiger partial charge in [0.25, 0.3) is 11.8 Å². The van der Waals surface area contributed by atoms with E-state index in [0.717, 1.165) is 18.4 Å². The van der Waals surface area contributed by atoms with Gasteiger partial charge in [-0.25, -0.2) is 0 Å². The molecular weight excluding hydrogens is 344 g/mol. The molecule has 136 valence electrons. The Labute approximate surface area is 152 Å². The summed E-state index contributed by atoms with van der Waals surface area (Å²) in [5, 5.41) is 0.491. The first-order chi connectivity index (χ1) is 12.0. The van der Waals surface area contributed by atoms with Gasteiger partial charge in [-0.2, -0.15) is 0 Å². The minimum atomic E-state index is -0.297. The molecule has 1 aromatic rings. The van der Waals surface area contributed by atoms with E-state index in [1.54, 1.807) is 15.9 Å². The molecule has 0 aromatic heterocycles. The van der Waals surface area contributed by atoms with Crippen molar-refractivity contribution in [2.75, 3.05) is 39.4 Å². The van der Waals surface area contributed by atoms with Gasteiger partial charge < -0.3 is 19.3 Å². The Kier molecular flexibility index (Phi) is 5.81. The molecule has 25 heavy (non-hydrogen) atoms. The van der Waals surface area contributed by atoms with Crippen LogP contribution >= 0.6 is 11.6 Å². The van der Waals surface area contributed by atoms with Crippen molar-refractivity contribution in [3.05, 3.63) is 28.8 Å². The summed E-state index contributed by atoms with van der Waals surface area (Å²) in [7, 11) is 0. The minimum absolute atomic E-state index is 0.0485. The molecule has 1 aromatic carbocycles. The van der Waals surface area contributed by atoms with Crippen molar-refractivity contribution in [2.24, 2.45) is 0 Å². The van der Waals surface area contributed by atoms with Crippen molar-refractivity contribution in [3.8, 4) is 5.75 Å². The van der Waals surface area contributed by atoms with Crippen molar-refractivity contribution in [1.82, 2.24) is 9.80 Å². The van der Waals surface area contributed by atoms with Crippen LogP contribution in [0.25, 0.3) is 0 Å². The Bertz CT molecular complexity index is 638. The maximum absolute atomic E-state index is 12.3. The van der Waals surface area contributed by atoms with Gasteiger partial charge in [0.15, 0.2) is 6.61 Å². The number of ether oxygens (including phenoxy) is 2. The second kappa shape index (κ2) is 8.06. The zero-order chi connectivity index (χ0) is 17.8. The van der Waals surface area contributed by atoms with E-state index in [2.05, 4.69) is 0 Å². The lowest BCUT2D eigenvalue weighted by Gasteiger charge is -2.35. The zero-order valence-electron chi connectivity index (χ0n) is 14.4. The number of nitrogens with zero attached hydrogens (tertiary/aromatic N) is 2. The van der Waals surface area contributed by atoms with Gasteiger partial charge in [0, 0.05) is 32.8 Å². The van der Waals surface area contributed by atoms with Gasteiger partial charge in [0.05, 0.1) is 5.02 Å². The SMILES string of the molecule is Cc1ccc(Cl)c(OCC(=O)N2CCN(C(=O)[C@@H]3CCCO3)CC2)c1. The molecule has 2 aliphatic heterocycles. The fraction of sp³-hybridized carbons (Fsp3) is 0.556. The lowest BCUT2D eigenvalue weighted by molar-refractivity contribution is -0.146. The molecule has 0 unspecified atom stereocenters. The summed E-state index contributed by atoms with van der Waals surface area (Å²) < 4.78 is 11.0. The largest absolute Gasteiger partial charge is 0.482 e. The van der Waals surface area contributed by atoms with Crippen LogP contribution in [0.2, 0.25) is 5.02 Å². The molecule has 2 aliphatic rings. The number of aryl methyl sites for hydroxylation is 1. The molecule has 2 fully saturated rings. The number of benzene rings is 1. The first kappa shape index (κ1) is 18.0. The summed E-state index contributed by atoms with van der Waals surface area (Å²) in [6.45, 7) is 4.65. The van der Waals surface area contributed by atoms with Crippen LogP contribution in [0.1, 0.15) is 18.4 Å². The van der Waals surface area contributed by atoms with Crippen molar-refractivity contribution < 1.29 is 19.1 Å². The van der Waals surface area contributed by atoms with Gasteiger partial charge in [-0.15, -0.1) is 0 Å². The van der Waals surface area contributed by atoms with Crippen LogP contribution in [-0.4, -0.2) is 67.1 Å². The maximum atomic E-state index is 12.3. The highest BCUT2D eigenvalue weighted by Gasteiger charge is 2.31. The third-order valence-corrected chi connectivity index (χ3v) is 4.90. The number of carbonyl (C=O) groups excluding carboxylic acids is 2. The van der Waals surface area contributed by atoms with Crippen molar-refractivity contribution in [1.29, 1.82) is 0 Å². The van der Waals surface area contributed by atoms with Gasteiger partial charge in [0.2, 0.25) is 0 Å². The topological polar surface area (TPSA) is 59.1 Å². The summed E-state index contributed by atoms with van der Waals surface area (Å²) in [5.74, 6) is 0.469. The number of hydrogen-bond acceptors (Lipinski definition) is 4. The van der Waals surface area contributed by atoms with E-state index in [9.17, 15) is 9.59 Å². The molecule has 3 rings (SSSR count). The molecule has 0 N–H and O–H groups in total. The Balaban J connectivity index is 1.46. The molecule has 0 saturated carbocycles. The van der Waals surface area contributed by atoms with Gasteiger partial charge in [0.1, 0.15) is 11.9 Å². The first-order valence-electron chi connectivity index (χ1n) is 8.62. The van der Waals surface area contributed by atoms with E-state index in [1.165, 1.54) is 0 Å². The minimum Gasteiger partial charge on any atom is -0.482 e. The van der Waals surface area contributed by atoms with E-state index in [4.69, 9.17) is 21.1 Å². The lowest BCUT2D eigenvalue weighted by Crippen LogP contribution is -2.53. The first-order valence-corrected chi connectivity index (χ1v) is 8.99. The van der Waals surface area contributed by atoms with E-state index in [0.29, 0.717) is 43.6 Å². The average Bonchev–Trinajstić information content (AvgIpc) is 3.16. The predicted molar refractivity (Wildman–Crippen MR) is 93.8 cm³/mol. The molecule has 0 radical (unpaired) electrons. The molecule has 0 aliphatic carbocycles. The summed E-state index contributed by atoms with van der Waals surface area (Å²) in [6.07, 6.45) is 1.44. The Morgan fingerprint density at radius 1 is 1.24 bits per heavy atom. The van der Waals surface area contributed by atoms with Gasteiger partial charge in [-0.3, -0.25) is 9.59 Å². The lowest BCUT2D eigenvalue weighted by atomic mass is 10.2. The number of piperazine rings is 1. The van der Waals surface area contributed by atoms with Crippen LogP contribution in [0.15, 0.2) is 18.2 Å². The van der Waals surface area contributed by atoms with Crippen LogP contribution in [0.4, 0.5) is 0 Å². The van der Waals surface area contributed by atoms with E-state index in [1.807, 2.05) is 19.1 Å². The highest BCUT2D eigenvalue weighted by Crippen LogP contribution is 2.25. The van der Waals surface area contributed by atoms with Gasteiger partial charge in [-0.05, 0) is 37.5 Å². The highest BCUT2D eigenvalue weighted by molar-refractivity contribution is 6.32. The third kappa shape index (κ3) is 4.44. The molecule has 7 heteroatoms. The van der Waals surface area contributed by atoms with E-state index < -0.39 is 0 Å². The second-order valence-corrected chi connectivity index (χ2v) is 6.84. The van der Waals surface area contributed by atoms with Crippen molar-refractivity contribution in [2.45, 2.75) is 25.9 Å². The number of rotatable bonds is 4. The van der Waals surface area contributed by atoms with E-state index in [-0.39, 0.29) is 24.5 Å². The standard InChI is InChI=1S/C18H23ClN2O4/c1-13-4-5-14(19)16(11-13)25-12-17(22)20-6-8-21(9-7-20)18(23)15-3-2-10-24-15/h4-5,11,15H,2-3,6-10,12H2,1H3/t15-/m0/s1. The fourth-order valence-corrected chi connectivity index (χ4v) is 3.28. The zero-order valence-corrected chi connectivity index (χ0v) is 15.1. The fourth-order valence-electron chi connectivity index (χ4n) is 3.10. The monoisotopic (exact) mass is 366 g/mol. The predicted octanol–water partition coefficient (Wildman–Crippen LogP) is 1.88. The quantitative estimate of drug-likeness (QED) is 0.816. The second-order valence-electron chi connectivity index (χ2n) is 6.43. The molecule has 2 heterocycles. The van der Waals surface area contributed by atoms with Gasteiger partial charge >= 0.3 is 0 Å². The van der Waals surface area contributed by atoms with Crippen LogP contribution in [-0.2, 0) is 14.3 Å². The Hall–Kier alpha value is -1.79. The molecular formula is C18H23ClN2O4. The van der Waals surface area contributed by atoms with Crippen molar-refractivity contribution in [3.63, 3.8) is 0 Å². The van der Waals surface area contributed by atoms with Crippen LogP contribution in [0.5, 0.6) is 5.75 Å². The Morgan fingerprint density at radius 3 is 2.64 bits per heavy atom.